The number of carbonyl (C=O) groups is 1. The average Bonchev–Trinajstić information content (AvgIpc) is 2.74. The van der Waals surface area contributed by atoms with Crippen molar-refractivity contribution in [3.8, 4) is 5.69 Å². The standard InChI is InChI=1S/C22H22FN3O2S/c23-15-10-12-17(13-11-15)26-21(28)18-8-4-5-9-19(18)25-22(26)29-14-20(27)24-16-6-2-1-3-7-16/h4-5,8-13,16H,1-3,6-7,14H2,(H,24,27). The highest BCUT2D eigenvalue weighted by atomic mass is 32.2. The lowest BCUT2D eigenvalue weighted by molar-refractivity contribution is -0.119. The van der Waals surface area contributed by atoms with Crippen molar-refractivity contribution >= 4 is 28.6 Å². The lowest BCUT2D eigenvalue weighted by atomic mass is 9.95. The molecular formula is C22H22FN3O2S. The molecule has 3 aromatic rings. The zero-order valence-electron chi connectivity index (χ0n) is 15.9. The van der Waals surface area contributed by atoms with E-state index in [1.165, 1.54) is 34.9 Å². The number of benzene rings is 2. The van der Waals surface area contributed by atoms with E-state index in [2.05, 4.69) is 10.3 Å². The molecule has 5 nitrogen and oxygen atoms in total. The largest absolute Gasteiger partial charge is 0.353 e. The average molecular weight is 412 g/mol. The van der Waals surface area contributed by atoms with Gasteiger partial charge >= 0.3 is 0 Å². The summed E-state index contributed by atoms with van der Waals surface area (Å²) in [6.07, 6.45) is 5.56. The number of fused-ring (bicyclic) bond motifs is 1. The number of para-hydroxylation sites is 1. The van der Waals surface area contributed by atoms with Gasteiger partial charge in [0.1, 0.15) is 5.82 Å². The maximum Gasteiger partial charge on any atom is 0.266 e. The Hall–Kier alpha value is -2.67. The number of carbonyl (C=O) groups excluding carboxylic acids is 1. The molecule has 2 aromatic carbocycles. The van der Waals surface area contributed by atoms with Gasteiger partial charge in [0.2, 0.25) is 5.91 Å². The van der Waals surface area contributed by atoms with Crippen LogP contribution in [0, 0.1) is 5.82 Å². The van der Waals surface area contributed by atoms with Gasteiger partial charge < -0.3 is 5.32 Å². The van der Waals surface area contributed by atoms with E-state index in [0.717, 1.165) is 25.7 Å². The maximum absolute atomic E-state index is 13.4. The Bertz CT molecular complexity index is 1080. The third-order valence-corrected chi connectivity index (χ3v) is 6.07. The predicted octanol–water partition coefficient (Wildman–Crippen LogP) is 4.07. The van der Waals surface area contributed by atoms with Crippen molar-refractivity contribution in [1.29, 1.82) is 0 Å². The van der Waals surface area contributed by atoms with Crippen LogP contribution in [0.5, 0.6) is 0 Å². The zero-order valence-corrected chi connectivity index (χ0v) is 16.8. The van der Waals surface area contributed by atoms with E-state index >= 15 is 0 Å². The summed E-state index contributed by atoms with van der Waals surface area (Å²) in [5.41, 5.74) is 0.855. The van der Waals surface area contributed by atoms with Gasteiger partial charge in [-0.05, 0) is 49.2 Å². The zero-order chi connectivity index (χ0) is 20.2. The molecule has 150 valence electrons. The van der Waals surface area contributed by atoms with Crippen LogP contribution >= 0.6 is 11.8 Å². The highest BCUT2D eigenvalue weighted by molar-refractivity contribution is 7.99. The second-order valence-electron chi connectivity index (χ2n) is 7.22. The van der Waals surface area contributed by atoms with Crippen LogP contribution in [0.4, 0.5) is 4.39 Å². The number of hydrogen-bond donors (Lipinski definition) is 1. The first-order valence-electron chi connectivity index (χ1n) is 9.82. The molecule has 1 aliphatic rings. The summed E-state index contributed by atoms with van der Waals surface area (Å²) in [7, 11) is 0. The molecule has 0 atom stereocenters. The van der Waals surface area contributed by atoms with Gasteiger partial charge in [-0.2, -0.15) is 0 Å². The molecule has 1 aliphatic carbocycles. The fourth-order valence-electron chi connectivity index (χ4n) is 3.67. The van der Waals surface area contributed by atoms with E-state index in [4.69, 9.17) is 0 Å². The predicted molar refractivity (Wildman–Crippen MR) is 113 cm³/mol. The van der Waals surface area contributed by atoms with Gasteiger partial charge in [0.05, 0.1) is 22.3 Å². The molecule has 0 spiro atoms. The molecular weight excluding hydrogens is 389 g/mol. The number of nitrogens with one attached hydrogen (secondary N) is 1. The molecule has 29 heavy (non-hydrogen) atoms. The monoisotopic (exact) mass is 411 g/mol. The van der Waals surface area contributed by atoms with Crippen molar-refractivity contribution in [2.45, 2.75) is 43.3 Å². The number of nitrogens with zero attached hydrogens (tertiary/aromatic N) is 2. The van der Waals surface area contributed by atoms with Crippen molar-refractivity contribution < 1.29 is 9.18 Å². The highest BCUT2D eigenvalue weighted by Gasteiger charge is 2.18. The molecule has 1 heterocycles. The molecule has 1 fully saturated rings. The molecule has 1 aromatic heterocycles. The molecule has 0 saturated heterocycles. The summed E-state index contributed by atoms with van der Waals surface area (Å²) < 4.78 is 14.8. The fraction of sp³-hybridized carbons (Fsp3) is 0.318. The number of hydrogen-bond acceptors (Lipinski definition) is 4. The lowest BCUT2D eigenvalue weighted by Crippen LogP contribution is -2.37. The Labute approximate surface area is 172 Å². The summed E-state index contributed by atoms with van der Waals surface area (Å²) in [6.45, 7) is 0. The first-order chi connectivity index (χ1) is 14.1. The van der Waals surface area contributed by atoms with E-state index in [-0.39, 0.29) is 29.1 Å². The normalized spacial score (nSPS) is 14.8. The molecule has 7 heteroatoms. The van der Waals surface area contributed by atoms with Crippen LogP contribution in [0.2, 0.25) is 0 Å². The SMILES string of the molecule is O=C(CSc1nc2ccccc2c(=O)n1-c1ccc(F)cc1)NC1CCCCC1. The van der Waals surface area contributed by atoms with Crippen LogP contribution in [0.25, 0.3) is 16.6 Å². The van der Waals surface area contributed by atoms with Gasteiger partial charge in [0.25, 0.3) is 5.56 Å². The van der Waals surface area contributed by atoms with Gasteiger partial charge in [-0.3, -0.25) is 14.2 Å². The van der Waals surface area contributed by atoms with Gasteiger partial charge in [0, 0.05) is 6.04 Å². The summed E-state index contributed by atoms with van der Waals surface area (Å²) in [4.78, 5) is 30.1. The van der Waals surface area contributed by atoms with E-state index in [9.17, 15) is 14.0 Å². The number of rotatable bonds is 5. The molecule has 0 unspecified atom stereocenters. The van der Waals surface area contributed by atoms with E-state index in [1.54, 1.807) is 30.3 Å². The van der Waals surface area contributed by atoms with E-state index in [0.29, 0.717) is 21.7 Å². The van der Waals surface area contributed by atoms with Crippen molar-refractivity contribution in [2.24, 2.45) is 0 Å². The Kier molecular flexibility index (Phi) is 5.94. The third-order valence-electron chi connectivity index (χ3n) is 5.13. The van der Waals surface area contributed by atoms with Gasteiger partial charge in [-0.1, -0.05) is 43.2 Å². The topological polar surface area (TPSA) is 64.0 Å². The molecule has 1 N–H and O–H groups in total. The van der Waals surface area contributed by atoms with E-state index < -0.39 is 0 Å². The first kappa shape index (κ1) is 19.6. The molecule has 1 amide bonds. The van der Waals surface area contributed by atoms with Crippen molar-refractivity contribution in [3.05, 3.63) is 64.7 Å². The van der Waals surface area contributed by atoms with Crippen molar-refractivity contribution in [1.82, 2.24) is 14.9 Å². The Morgan fingerprint density at radius 3 is 2.59 bits per heavy atom. The van der Waals surface area contributed by atoms with Crippen LogP contribution in [-0.2, 0) is 4.79 Å². The highest BCUT2D eigenvalue weighted by Crippen LogP contribution is 2.22. The van der Waals surface area contributed by atoms with Gasteiger partial charge in [-0.15, -0.1) is 0 Å². The second kappa shape index (κ2) is 8.78. The molecule has 0 aliphatic heterocycles. The lowest BCUT2D eigenvalue weighted by Gasteiger charge is -2.22. The van der Waals surface area contributed by atoms with Crippen LogP contribution in [0.15, 0.2) is 58.5 Å². The first-order valence-corrected chi connectivity index (χ1v) is 10.8. The Balaban J connectivity index is 1.63. The minimum absolute atomic E-state index is 0.0602. The smallest absolute Gasteiger partial charge is 0.266 e. The van der Waals surface area contributed by atoms with Crippen molar-refractivity contribution in [2.75, 3.05) is 5.75 Å². The summed E-state index contributed by atoms with van der Waals surface area (Å²) in [5, 5.41) is 3.98. The minimum Gasteiger partial charge on any atom is -0.353 e. The van der Waals surface area contributed by atoms with E-state index in [1.807, 2.05) is 6.07 Å². The van der Waals surface area contributed by atoms with Crippen molar-refractivity contribution in [3.63, 3.8) is 0 Å². The minimum atomic E-state index is -0.378. The summed E-state index contributed by atoms with van der Waals surface area (Å²) >= 11 is 1.22. The van der Waals surface area contributed by atoms with Crippen LogP contribution in [-0.4, -0.2) is 27.3 Å². The van der Waals surface area contributed by atoms with Crippen LogP contribution < -0.4 is 10.9 Å². The Morgan fingerprint density at radius 2 is 1.83 bits per heavy atom. The maximum atomic E-state index is 13.4. The van der Waals surface area contributed by atoms with Gasteiger partial charge in [0.15, 0.2) is 5.16 Å². The molecule has 0 radical (unpaired) electrons. The van der Waals surface area contributed by atoms with Gasteiger partial charge in [-0.25, -0.2) is 9.37 Å². The number of aromatic nitrogens is 2. The molecule has 0 bridgehead atoms. The number of amides is 1. The summed E-state index contributed by atoms with van der Waals surface area (Å²) in [5.74, 6) is -0.269. The molecule has 1 saturated carbocycles. The fourth-order valence-corrected chi connectivity index (χ4v) is 4.50. The van der Waals surface area contributed by atoms with Crippen LogP contribution in [0.1, 0.15) is 32.1 Å². The Morgan fingerprint density at radius 1 is 1.10 bits per heavy atom. The quantitative estimate of drug-likeness (QED) is 0.508. The number of halogens is 1. The summed E-state index contributed by atoms with van der Waals surface area (Å²) in [6, 6.07) is 13.0. The molecule has 4 rings (SSSR count). The number of thioether (sulfide) groups is 1. The third kappa shape index (κ3) is 4.50. The van der Waals surface area contributed by atoms with Crippen LogP contribution in [0.3, 0.4) is 0 Å². The second-order valence-corrected chi connectivity index (χ2v) is 8.16.